The minimum Gasteiger partial charge on any atom is -0.345 e. The summed E-state index contributed by atoms with van der Waals surface area (Å²) in [7, 11) is -3.47. The molecular formula is C12H16N4O2S. The van der Waals surface area contributed by atoms with E-state index in [1.54, 1.807) is 22.6 Å². The molecule has 1 aliphatic heterocycles. The number of aromatic nitrogens is 2. The highest BCUT2D eigenvalue weighted by molar-refractivity contribution is 7.89. The molecule has 0 radical (unpaired) electrons. The number of aromatic amines is 1. The fourth-order valence-electron chi connectivity index (χ4n) is 2.37. The molecule has 102 valence electrons. The summed E-state index contributed by atoms with van der Waals surface area (Å²) in [6.07, 6.45) is 3.17. The highest BCUT2D eigenvalue weighted by Crippen LogP contribution is 2.26. The lowest BCUT2D eigenvalue weighted by atomic mass is 10.2. The molecule has 3 rings (SSSR count). The van der Waals surface area contributed by atoms with Crippen molar-refractivity contribution >= 4 is 21.1 Å². The Hall–Kier alpha value is -1.44. The third-order valence-corrected chi connectivity index (χ3v) is 5.55. The van der Waals surface area contributed by atoms with Gasteiger partial charge >= 0.3 is 0 Å². The molecule has 7 heteroatoms. The SMILES string of the molecule is CCN(C1CNC1)S(=O)(=O)c1c[nH]c2ncccc12. The number of likely N-dealkylation sites (N-methyl/N-ethyl adjacent to an activating group) is 1. The third kappa shape index (κ3) is 1.94. The molecule has 2 aromatic rings. The van der Waals surface area contributed by atoms with Crippen molar-refractivity contribution in [3.63, 3.8) is 0 Å². The Balaban J connectivity index is 2.08. The molecule has 2 N–H and O–H groups in total. The Bertz CT molecular complexity index is 691. The monoisotopic (exact) mass is 280 g/mol. The van der Waals surface area contributed by atoms with Gasteiger partial charge in [0, 0.05) is 37.4 Å². The maximum atomic E-state index is 12.7. The van der Waals surface area contributed by atoms with Crippen LogP contribution in [0.15, 0.2) is 29.4 Å². The number of hydrogen-bond donors (Lipinski definition) is 2. The zero-order valence-corrected chi connectivity index (χ0v) is 11.4. The average molecular weight is 280 g/mol. The molecule has 0 saturated carbocycles. The molecule has 0 aromatic carbocycles. The summed E-state index contributed by atoms with van der Waals surface area (Å²) in [4.78, 5) is 7.35. The van der Waals surface area contributed by atoms with E-state index in [-0.39, 0.29) is 6.04 Å². The number of fused-ring (bicyclic) bond motifs is 1. The van der Waals surface area contributed by atoms with Gasteiger partial charge in [0.25, 0.3) is 0 Å². The van der Waals surface area contributed by atoms with Gasteiger partial charge in [0.1, 0.15) is 10.5 Å². The summed E-state index contributed by atoms with van der Waals surface area (Å²) in [5, 5.41) is 3.75. The Morgan fingerprint density at radius 3 is 2.89 bits per heavy atom. The van der Waals surface area contributed by atoms with Gasteiger partial charge in [-0.25, -0.2) is 13.4 Å². The van der Waals surface area contributed by atoms with Gasteiger partial charge in [0.2, 0.25) is 10.0 Å². The second-order valence-electron chi connectivity index (χ2n) is 4.57. The molecule has 3 heterocycles. The molecule has 0 amide bonds. The van der Waals surface area contributed by atoms with Crippen molar-refractivity contribution in [1.82, 2.24) is 19.6 Å². The maximum absolute atomic E-state index is 12.7. The lowest BCUT2D eigenvalue weighted by molar-refractivity contribution is 0.250. The first kappa shape index (κ1) is 12.6. The lowest BCUT2D eigenvalue weighted by Gasteiger charge is -2.36. The van der Waals surface area contributed by atoms with Crippen LogP contribution in [-0.2, 0) is 10.0 Å². The molecule has 0 atom stereocenters. The summed E-state index contributed by atoms with van der Waals surface area (Å²) >= 11 is 0. The molecule has 0 unspecified atom stereocenters. The van der Waals surface area contributed by atoms with Gasteiger partial charge in [-0.2, -0.15) is 4.31 Å². The zero-order chi connectivity index (χ0) is 13.5. The molecular weight excluding hydrogens is 264 g/mol. The van der Waals surface area contributed by atoms with Crippen molar-refractivity contribution in [3.8, 4) is 0 Å². The summed E-state index contributed by atoms with van der Waals surface area (Å²) < 4.78 is 27.0. The van der Waals surface area contributed by atoms with Crippen LogP contribution in [0.4, 0.5) is 0 Å². The molecule has 2 aromatic heterocycles. The van der Waals surface area contributed by atoms with Gasteiger partial charge in [-0.1, -0.05) is 6.92 Å². The molecule has 1 aliphatic rings. The molecule has 1 fully saturated rings. The predicted octanol–water partition coefficient (Wildman–Crippen LogP) is 0.545. The first-order valence-corrected chi connectivity index (χ1v) is 7.73. The van der Waals surface area contributed by atoms with Crippen LogP contribution < -0.4 is 5.32 Å². The highest BCUT2D eigenvalue weighted by atomic mass is 32.2. The van der Waals surface area contributed by atoms with Crippen molar-refractivity contribution in [2.45, 2.75) is 17.9 Å². The molecule has 0 spiro atoms. The summed E-state index contributed by atoms with van der Waals surface area (Å²) in [6.45, 7) is 3.77. The topological polar surface area (TPSA) is 78.1 Å². The van der Waals surface area contributed by atoms with Crippen molar-refractivity contribution in [2.24, 2.45) is 0 Å². The fraction of sp³-hybridized carbons (Fsp3) is 0.417. The van der Waals surface area contributed by atoms with E-state index in [2.05, 4.69) is 15.3 Å². The number of rotatable bonds is 4. The quantitative estimate of drug-likeness (QED) is 0.857. The van der Waals surface area contributed by atoms with E-state index in [4.69, 9.17) is 0 Å². The van der Waals surface area contributed by atoms with Crippen molar-refractivity contribution in [1.29, 1.82) is 0 Å². The standard InChI is InChI=1S/C12H16N4O2S/c1-2-16(9-6-13-7-9)19(17,18)11-8-15-12-10(11)4-3-5-14-12/h3-5,8-9,13H,2,6-7H2,1H3,(H,14,15). The first-order valence-electron chi connectivity index (χ1n) is 6.29. The van der Waals surface area contributed by atoms with Crippen LogP contribution >= 0.6 is 0 Å². The predicted molar refractivity (Wildman–Crippen MR) is 72.3 cm³/mol. The number of nitrogens with zero attached hydrogens (tertiary/aromatic N) is 2. The Morgan fingerprint density at radius 2 is 2.26 bits per heavy atom. The second kappa shape index (κ2) is 4.59. The van der Waals surface area contributed by atoms with Crippen molar-refractivity contribution in [2.75, 3.05) is 19.6 Å². The van der Waals surface area contributed by atoms with Crippen LogP contribution in [0.3, 0.4) is 0 Å². The number of sulfonamides is 1. The normalized spacial score (nSPS) is 16.9. The molecule has 0 aliphatic carbocycles. The molecule has 1 saturated heterocycles. The van der Waals surface area contributed by atoms with Crippen molar-refractivity contribution < 1.29 is 8.42 Å². The van der Waals surface area contributed by atoms with E-state index >= 15 is 0 Å². The van der Waals surface area contributed by atoms with Crippen LogP contribution in [0.1, 0.15) is 6.92 Å². The smallest absolute Gasteiger partial charge is 0.245 e. The number of nitrogens with one attached hydrogen (secondary N) is 2. The Morgan fingerprint density at radius 1 is 1.47 bits per heavy atom. The van der Waals surface area contributed by atoms with Gasteiger partial charge in [-0.3, -0.25) is 0 Å². The lowest BCUT2D eigenvalue weighted by Crippen LogP contribution is -2.58. The average Bonchev–Trinajstić information content (AvgIpc) is 2.77. The van der Waals surface area contributed by atoms with E-state index in [0.29, 0.717) is 35.6 Å². The van der Waals surface area contributed by atoms with Gasteiger partial charge in [-0.05, 0) is 12.1 Å². The summed E-state index contributed by atoms with van der Waals surface area (Å²) in [5.41, 5.74) is 0.601. The van der Waals surface area contributed by atoms with Crippen LogP contribution in [-0.4, -0.2) is 48.4 Å². The fourth-order valence-corrected chi connectivity index (χ4v) is 4.16. The summed E-state index contributed by atoms with van der Waals surface area (Å²) in [5.74, 6) is 0. The minimum absolute atomic E-state index is 0.0524. The Labute approximate surface area is 111 Å². The van der Waals surface area contributed by atoms with Crippen LogP contribution in [0, 0.1) is 0 Å². The highest BCUT2D eigenvalue weighted by Gasteiger charge is 2.34. The maximum Gasteiger partial charge on any atom is 0.245 e. The van der Waals surface area contributed by atoms with E-state index in [9.17, 15) is 8.42 Å². The van der Waals surface area contributed by atoms with Gasteiger partial charge in [-0.15, -0.1) is 0 Å². The number of H-pyrrole nitrogens is 1. The molecule has 6 nitrogen and oxygen atoms in total. The van der Waals surface area contributed by atoms with E-state index in [1.807, 2.05) is 6.92 Å². The van der Waals surface area contributed by atoms with E-state index < -0.39 is 10.0 Å². The number of hydrogen-bond acceptors (Lipinski definition) is 4. The molecule has 19 heavy (non-hydrogen) atoms. The molecule has 0 bridgehead atoms. The van der Waals surface area contributed by atoms with Crippen LogP contribution in [0.2, 0.25) is 0 Å². The van der Waals surface area contributed by atoms with Gasteiger partial charge in [0.15, 0.2) is 0 Å². The van der Waals surface area contributed by atoms with Crippen LogP contribution in [0.25, 0.3) is 11.0 Å². The third-order valence-electron chi connectivity index (χ3n) is 3.48. The first-order chi connectivity index (χ1) is 9.14. The van der Waals surface area contributed by atoms with Gasteiger partial charge in [0.05, 0.1) is 6.04 Å². The second-order valence-corrected chi connectivity index (χ2v) is 6.43. The zero-order valence-electron chi connectivity index (χ0n) is 10.6. The number of pyridine rings is 1. The largest absolute Gasteiger partial charge is 0.345 e. The van der Waals surface area contributed by atoms with Gasteiger partial charge < -0.3 is 10.3 Å². The van der Waals surface area contributed by atoms with Crippen molar-refractivity contribution in [3.05, 3.63) is 24.5 Å². The van der Waals surface area contributed by atoms with E-state index in [0.717, 1.165) is 0 Å². The van der Waals surface area contributed by atoms with Crippen LogP contribution in [0.5, 0.6) is 0 Å². The summed E-state index contributed by atoms with van der Waals surface area (Å²) in [6, 6.07) is 3.58. The van der Waals surface area contributed by atoms with E-state index in [1.165, 1.54) is 6.20 Å². The minimum atomic E-state index is -3.47. The Kier molecular flexibility index (Phi) is 3.04.